The predicted molar refractivity (Wildman–Crippen MR) is 57.5 cm³/mol. The Morgan fingerprint density at radius 3 is 2.80 bits per heavy atom. The molecule has 0 amide bonds. The lowest BCUT2D eigenvalue weighted by Crippen LogP contribution is -2.11. The molecule has 15 heavy (non-hydrogen) atoms. The van der Waals surface area contributed by atoms with E-state index in [1.807, 2.05) is 6.92 Å². The molecule has 4 heteroatoms. The Balaban J connectivity index is 2.84. The summed E-state index contributed by atoms with van der Waals surface area (Å²) < 4.78 is 5.20. The maximum Gasteiger partial charge on any atom is 0.121 e. The Hall–Kier alpha value is -1.10. The Labute approximate surface area is 89.3 Å². The third-order valence-electron chi connectivity index (χ3n) is 2.17. The molecular weight excluding hydrogens is 194 g/mol. The first-order chi connectivity index (χ1) is 7.19. The number of aliphatic hydroxyl groups excluding tert-OH is 1. The van der Waals surface area contributed by atoms with Crippen molar-refractivity contribution >= 4 is 0 Å². The summed E-state index contributed by atoms with van der Waals surface area (Å²) >= 11 is 0. The van der Waals surface area contributed by atoms with Crippen molar-refractivity contribution in [2.75, 3.05) is 13.2 Å². The second-order valence-electron chi connectivity index (χ2n) is 3.28. The van der Waals surface area contributed by atoms with Gasteiger partial charge in [-0.3, -0.25) is 0 Å². The van der Waals surface area contributed by atoms with Gasteiger partial charge < -0.3 is 20.7 Å². The molecule has 0 bridgehead atoms. The summed E-state index contributed by atoms with van der Waals surface area (Å²) in [4.78, 5) is 0. The fourth-order valence-electron chi connectivity index (χ4n) is 1.28. The maximum atomic E-state index is 9.52. The van der Waals surface area contributed by atoms with Crippen molar-refractivity contribution in [2.24, 2.45) is 5.73 Å². The Morgan fingerprint density at radius 1 is 1.47 bits per heavy atom. The number of phenols is 1. The highest BCUT2D eigenvalue weighted by Gasteiger charge is 2.08. The lowest BCUT2D eigenvalue weighted by molar-refractivity contribution is 0.131. The van der Waals surface area contributed by atoms with E-state index in [0.717, 1.165) is 0 Å². The third-order valence-corrected chi connectivity index (χ3v) is 2.17. The minimum atomic E-state index is -0.689. The number of aliphatic hydroxyl groups is 1. The maximum absolute atomic E-state index is 9.52. The largest absolute Gasteiger partial charge is 0.508 e. The topological polar surface area (TPSA) is 75.7 Å². The van der Waals surface area contributed by atoms with Crippen LogP contribution in [0, 0.1) is 0 Å². The van der Waals surface area contributed by atoms with Gasteiger partial charge in [-0.05, 0) is 24.6 Å². The van der Waals surface area contributed by atoms with E-state index in [9.17, 15) is 10.2 Å². The first-order valence-electron chi connectivity index (χ1n) is 4.96. The number of nitrogens with two attached hydrogens (primary N) is 1. The summed E-state index contributed by atoms with van der Waals surface area (Å²) in [6.45, 7) is 2.98. The Bertz CT molecular complexity index is 315. The summed E-state index contributed by atoms with van der Waals surface area (Å²) in [7, 11) is 0. The zero-order valence-corrected chi connectivity index (χ0v) is 8.81. The summed E-state index contributed by atoms with van der Waals surface area (Å²) in [5.41, 5.74) is 6.72. The van der Waals surface area contributed by atoms with E-state index in [4.69, 9.17) is 10.5 Å². The standard InChI is InChI=1S/C11H17NO3/c1-2-15-7-9-5-8(11(14)6-12)3-4-10(9)13/h3-5,11,13-14H,2,6-7,12H2,1H3. The van der Waals surface area contributed by atoms with Gasteiger partial charge in [-0.15, -0.1) is 0 Å². The fraction of sp³-hybridized carbons (Fsp3) is 0.455. The molecule has 1 aromatic carbocycles. The van der Waals surface area contributed by atoms with Crippen LogP contribution in [-0.2, 0) is 11.3 Å². The molecule has 0 heterocycles. The summed E-state index contributed by atoms with van der Waals surface area (Å²) in [5, 5.41) is 19.0. The van der Waals surface area contributed by atoms with Crippen LogP contribution in [0.15, 0.2) is 18.2 Å². The predicted octanol–water partition coefficient (Wildman–Crippen LogP) is 0.921. The van der Waals surface area contributed by atoms with Crippen molar-refractivity contribution in [3.8, 4) is 5.75 Å². The van der Waals surface area contributed by atoms with Gasteiger partial charge in [0.15, 0.2) is 0 Å². The zero-order valence-electron chi connectivity index (χ0n) is 8.81. The molecule has 84 valence electrons. The SMILES string of the molecule is CCOCc1cc(C(O)CN)ccc1O. The van der Waals surface area contributed by atoms with Crippen LogP contribution in [0.3, 0.4) is 0 Å². The normalized spacial score (nSPS) is 12.7. The molecule has 0 saturated carbocycles. The second-order valence-corrected chi connectivity index (χ2v) is 3.28. The van der Waals surface area contributed by atoms with Gasteiger partial charge in [-0.25, -0.2) is 0 Å². The minimum absolute atomic E-state index is 0.166. The molecule has 4 N–H and O–H groups in total. The molecule has 0 aliphatic heterocycles. The first kappa shape index (κ1) is 12.0. The summed E-state index contributed by atoms with van der Waals surface area (Å²) in [6, 6.07) is 4.91. The van der Waals surface area contributed by atoms with E-state index in [2.05, 4.69) is 0 Å². The molecule has 1 atom stereocenters. The van der Waals surface area contributed by atoms with E-state index in [1.54, 1.807) is 18.2 Å². The highest BCUT2D eigenvalue weighted by molar-refractivity contribution is 5.36. The summed E-state index contributed by atoms with van der Waals surface area (Å²) in [6.07, 6.45) is -0.689. The zero-order chi connectivity index (χ0) is 11.3. The van der Waals surface area contributed by atoms with E-state index in [1.165, 1.54) is 0 Å². The molecule has 0 saturated heterocycles. The number of rotatable bonds is 5. The first-order valence-corrected chi connectivity index (χ1v) is 4.96. The van der Waals surface area contributed by atoms with Gasteiger partial charge in [0.2, 0.25) is 0 Å². The van der Waals surface area contributed by atoms with Gasteiger partial charge >= 0.3 is 0 Å². The van der Waals surface area contributed by atoms with Crippen LogP contribution in [-0.4, -0.2) is 23.4 Å². The van der Waals surface area contributed by atoms with Crippen LogP contribution in [0.4, 0.5) is 0 Å². The van der Waals surface area contributed by atoms with Crippen LogP contribution in [0.1, 0.15) is 24.2 Å². The molecule has 0 spiro atoms. The Morgan fingerprint density at radius 2 is 2.20 bits per heavy atom. The molecule has 1 unspecified atom stereocenters. The van der Waals surface area contributed by atoms with E-state index < -0.39 is 6.10 Å². The lowest BCUT2D eigenvalue weighted by atomic mass is 10.1. The van der Waals surface area contributed by atoms with Gasteiger partial charge in [0, 0.05) is 18.7 Å². The van der Waals surface area contributed by atoms with Gasteiger partial charge in [0.1, 0.15) is 5.75 Å². The number of hydrogen-bond donors (Lipinski definition) is 3. The van der Waals surface area contributed by atoms with Crippen LogP contribution >= 0.6 is 0 Å². The minimum Gasteiger partial charge on any atom is -0.508 e. The number of phenolic OH excluding ortho intramolecular Hbond substituents is 1. The molecule has 1 rings (SSSR count). The monoisotopic (exact) mass is 211 g/mol. The summed E-state index contributed by atoms with van der Waals surface area (Å²) in [5.74, 6) is 0.177. The van der Waals surface area contributed by atoms with Crippen LogP contribution in [0.2, 0.25) is 0 Å². The van der Waals surface area contributed by atoms with E-state index >= 15 is 0 Å². The highest BCUT2D eigenvalue weighted by atomic mass is 16.5. The molecular formula is C11H17NO3. The van der Waals surface area contributed by atoms with Crippen LogP contribution in [0.25, 0.3) is 0 Å². The molecule has 0 aliphatic rings. The number of aromatic hydroxyl groups is 1. The van der Waals surface area contributed by atoms with Gasteiger partial charge in [0.25, 0.3) is 0 Å². The number of hydrogen-bond acceptors (Lipinski definition) is 4. The molecule has 1 aromatic rings. The van der Waals surface area contributed by atoms with Crippen molar-refractivity contribution in [2.45, 2.75) is 19.6 Å². The number of benzene rings is 1. The second kappa shape index (κ2) is 5.70. The average Bonchev–Trinajstić information content (AvgIpc) is 2.27. The average molecular weight is 211 g/mol. The quantitative estimate of drug-likeness (QED) is 0.677. The Kier molecular flexibility index (Phi) is 4.55. The van der Waals surface area contributed by atoms with Gasteiger partial charge in [0.05, 0.1) is 12.7 Å². The smallest absolute Gasteiger partial charge is 0.121 e. The fourth-order valence-corrected chi connectivity index (χ4v) is 1.28. The van der Waals surface area contributed by atoms with Crippen molar-refractivity contribution in [1.82, 2.24) is 0 Å². The van der Waals surface area contributed by atoms with Crippen LogP contribution < -0.4 is 5.73 Å². The lowest BCUT2D eigenvalue weighted by Gasteiger charge is -2.11. The molecule has 4 nitrogen and oxygen atoms in total. The van der Waals surface area contributed by atoms with E-state index in [0.29, 0.717) is 24.3 Å². The van der Waals surface area contributed by atoms with Crippen molar-refractivity contribution in [3.63, 3.8) is 0 Å². The molecule has 0 radical (unpaired) electrons. The highest BCUT2D eigenvalue weighted by Crippen LogP contribution is 2.22. The third kappa shape index (κ3) is 3.20. The van der Waals surface area contributed by atoms with Crippen molar-refractivity contribution in [3.05, 3.63) is 29.3 Å². The van der Waals surface area contributed by atoms with Gasteiger partial charge in [-0.2, -0.15) is 0 Å². The molecule has 0 fully saturated rings. The van der Waals surface area contributed by atoms with Crippen LogP contribution in [0.5, 0.6) is 5.75 Å². The van der Waals surface area contributed by atoms with Crippen molar-refractivity contribution in [1.29, 1.82) is 0 Å². The van der Waals surface area contributed by atoms with Crippen molar-refractivity contribution < 1.29 is 14.9 Å². The van der Waals surface area contributed by atoms with E-state index in [-0.39, 0.29) is 12.3 Å². The molecule has 0 aliphatic carbocycles. The number of ether oxygens (including phenoxy) is 1. The molecule has 0 aromatic heterocycles. The van der Waals surface area contributed by atoms with Gasteiger partial charge in [-0.1, -0.05) is 6.07 Å².